The fourth-order valence-electron chi connectivity index (χ4n) is 1.16. The molecule has 11 heteroatoms. The summed E-state index contributed by atoms with van der Waals surface area (Å²) in [5.41, 5.74) is -2.38. The lowest BCUT2D eigenvalue weighted by molar-refractivity contribution is -0.390. The van der Waals surface area contributed by atoms with Gasteiger partial charge >= 0.3 is 24.2 Å². The molecule has 5 nitrogen and oxygen atoms in total. The lowest BCUT2D eigenvalue weighted by Gasteiger charge is -2.12. The molecule has 0 aliphatic carbocycles. The van der Waals surface area contributed by atoms with Crippen molar-refractivity contribution in [3.05, 3.63) is 27.3 Å². The van der Waals surface area contributed by atoms with Crippen molar-refractivity contribution in [3.8, 4) is 5.88 Å². The Bertz CT molecular complexity index is 510. The van der Waals surface area contributed by atoms with E-state index in [2.05, 4.69) is 9.72 Å². The maximum atomic E-state index is 12.5. The molecule has 0 N–H and O–H groups in total. The van der Waals surface area contributed by atoms with E-state index < -0.39 is 40.3 Å². The summed E-state index contributed by atoms with van der Waals surface area (Å²) in [6.45, 7) is 0.914. The van der Waals surface area contributed by atoms with Crippen molar-refractivity contribution < 1.29 is 36.0 Å². The van der Waals surface area contributed by atoms with Gasteiger partial charge in [-0.15, -0.1) is 13.2 Å². The summed E-state index contributed by atoms with van der Waals surface area (Å²) < 4.78 is 76.3. The number of nitro groups is 1. The average molecular weight is 290 g/mol. The molecule has 1 heterocycles. The second kappa shape index (κ2) is 4.55. The van der Waals surface area contributed by atoms with Gasteiger partial charge in [-0.1, -0.05) is 0 Å². The monoisotopic (exact) mass is 290 g/mol. The van der Waals surface area contributed by atoms with Crippen LogP contribution in [0.4, 0.5) is 32.2 Å². The number of rotatable bonds is 2. The van der Waals surface area contributed by atoms with Crippen LogP contribution in [0.25, 0.3) is 0 Å². The number of hydrogen-bond donors (Lipinski definition) is 0. The largest absolute Gasteiger partial charge is 0.575 e. The van der Waals surface area contributed by atoms with Crippen LogP contribution in [-0.2, 0) is 6.18 Å². The highest BCUT2D eigenvalue weighted by molar-refractivity contribution is 5.42. The fourth-order valence-corrected chi connectivity index (χ4v) is 1.16. The highest BCUT2D eigenvalue weighted by Crippen LogP contribution is 2.39. The topological polar surface area (TPSA) is 65.3 Å². The molecule has 0 saturated heterocycles. The summed E-state index contributed by atoms with van der Waals surface area (Å²) in [7, 11) is 0. The highest BCUT2D eigenvalue weighted by Gasteiger charge is 2.44. The number of halogens is 6. The predicted octanol–water partition coefficient (Wildman–Crippen LogP) is 3.22. The minimum absolute atomic E-state index is 0.173. The van der Waals surface area contributed by atoms with E-state index in [0.717, 1.165) is 6.92 Å². The third-order valence-corrected chi connectivity index (χ3v) is 1.84. The van der Waals surface area contributed by atoms with Crippen molar-refractivity contribution in [2.24, 2.45) is 0 Å². The first-order valence-corrected chi connectivity index (χ1v) is 4.41. The molecule has 0 aromatic carbocycles. The zero-order valence-corrected chi connectivity index (χ0v) is 8.96. The van der Waals surface area contributed by atoms with Gasteiger partial charge in [0.05, 0.1) is 0 Å². The molecule has 0 unspecified atom stereocenters. The SMILES string of the molecule is Cc1cc(C(F)(F)F)c(OC(F)(F)F)nc1[N+](=O)[O-]. The Balaban J connectivity index is 3.46. The minimum atomic E-state index is -5.45. The number of aryl methyl sites for hydroxylation is 1. The third kappa shape index (κ3) is 3.69. The molecule has 0 radical (unpaired) electrons. The van der Waals surface area contributed by atoms with E-state index in [1.54, 1.807) is 0 Å². The predicted molar refractivity (Wildman–Crippen MR) is 47.3 cm³/mol. The second-order valence-electron chi connectivity index (χ2n) is 3.28. The van der Waals surface area contributed by atoms with E-state index >= 15 is 0 Å². The van der Waals surface area contributed by atoms with Gasteiger partial charge in [-0.05, 0) is 17.9 Å². The molecule has 0 fully saturated rings. The molecule has 106 valence electrons. The van der Waals surface area contributed by atoms with Crippen LogP contribution in [0.3, 0.4) is 0 Å². The summed E-state index contributed by atoms with van der Waals surface area (Å²) in [5, 5.41) is 10.4. The first-order chi connectivity index (χ1) is 8.42. The van der Waals surface area contributed by atoms with E-state index in [1.165, 1.54) is 0 Å². The van der Waals surface area contributed by atoms with E-state index in [1.807, 2.05) is 0 Å². The van der Waals surface area contributed by atoms with Crippen molar-refractivity contribution in [1.82, 2.24) is 4.98 Å². The van der Waals surface area contributed by atoms with Crippen LogP contribution in [0.5, 0.6) is 5.88 Å². The molecule has 1 aromatic heterocycles. The highest BCUT2D eigenvalue weighted by atomic mass is 19.4. The van der Waals surface area contributed by atoms with Crippen LogP contribution in [-0.4, -0.2) is 16.3 Å². The Morgan fingerprint density at radius 3 is 2.16 bits per heavy atom. The smallest absolute Gasteiger partial charge is 0.366 e. The molecule has 0 aliphatic heterocycles. The van der Waals surface area contributed by atoms with Gasteiger partial charge in [0, 0.05) is 10.5 Å². The number of pyridine rings is 1. The van der Waals surface area contributed by atoms with Crippen molar-refractivity contribution >= 4 is 5.82 Å². The average Bonchev–Trinajstić information content (AvgIpc) is 2.15. The second-order valence-corrected chi connectivity index (χ2v) is 3.28. The van der Waals surface area contributed by atoms with E-state index in [-0.39, 0.29) is 6.07 Å². The first kappa shape index (κ1) is 15.0. The van der Waals surface area contributed by atoms with Gasteiger partial charge in [-0.2, -0.15) is 13.2 Å². The Morgan fingerprint density at radius 1 is 1.26 bits per heavy atom. The van der Waals surface area contributed by atoms with Gasteiger partial charge in [0.1, 0.15) is 5.56 Å². The van der Waals surface area contributed by atoms with Crippen LogP contribution < -0.4 is 4.74 Å². The number of ether oxygens (including phenoxy) is 1. The van der Waals surface area contributed by atoms with Crippen LogP contribution in [0, 0.1) is 17.0 Å². The van der Waals surface area contributed by atoms with Crippen molar-refractivity contribution in [3.63, 3.8) is 0 Å². The Labute approximate surface area is 101 Å². The van der Waals surface area contributed by atoms with Crippen LogP contribution in [0.2, 0.25) is 0 Å². The van der Waals surface area contributed by atoms with Crippen LogP contribution in [0.1, 0.15) is 11.1 Å². The summed E-state index contributed by atoms with van der Waals surface area (Å²) in [4.78, 5) is 11.9. The molecular weight excluding hydrogens is 286 g/mol. The zero-order chi connectivity index (χ0) is 15.0. The fraction of sp³-hybridized carbons (Fsp3) is 0.375. The zero-order valence-electron chi connectivity index (χ0n) is 8.96. The molecule has 0 aliphatic rings. The van der Waals surface area contributed by atoms with Gasteiger partial charge in [0.2, 0.25) is 0 Å². The van der Waals surface area contributed by atoms with Crippen molar-refractivity contribution in [2.75, 3.05) is 0 Å². The van der Waals surface area contributed by atoms with E-state index in [4.69, 9.17) is 0 Å². The van der Waals surface area contributed by atoms with Gasteiger partial charge in [0.25, 0.3) is 0 Å². The molecule has 0 saturated carbocycles. The molecular formula is C8H4F6N2O3. The van der Waals surface area contributed by atoms with Gasteiger partial charge in [-0.3, -0.25) is 0 Å². The number of nitrogens with zero attached hydrogens (tertiary/aromatic N) is 2. The molecule has 0 bridgehead atoms. The van der Waals surface area contributed by atoms with Gasteiger partial charge in [-0.25, -0.2) is 0 Å². The van der Waals surface area contributed by atoms with Gasteiger partial charge < -0.3 is 14.9 Å². The van der Waals surface area contributed by atoms with Crippen LogP contribution >= 0.6 is 0 Å². The van der Waals surface area contributed by atoms with Gasteiger partial charge in [0.15, 0.2) is 0 Å². The standard InChI is InChI=1S/C8H4F6N2O3/c1-3-2-4(7(9,10)11)6(19-8(12,13)14)15-5(3)16(17)18/h2H,1H3. The van der Waals surface area contributed by atoms with Crippen molar-refractivity contribution in [2.45, 2.75) is 19.5 Å². The third-order valence-electron chi connectivity index (χ3n) is 1.84. The molecule has 1 rings (SSSR count). The lowest BCUT2D eigenvalue weighted by atomic mass is 10.2. The molecule has 0 spiro atoms. The first-order valence-electron chi connectivity index (χ1n) is 4.41. The van der Waals surface area contributed by atoms with Crippen LogP contribution in [0.15, 0.2) is 6.07 Å². The Hall–Kier alpha value is -2.07. The maximum Gasteiger partial charge on any atom is 0.575 e. The number of alkyl halides is 6. The molecule has 1 aromatic rings. The van der Waals surface area contributed by atoms with E-state index in [0.29, 0.717) is 0 Å². The Kier molecular flexibility index (Phi) is 3.59. The quantitative estimate of drug-likeness (QED) is 0.476. The summed E-state index contributed by atoms with van der Waals surface area (Å²) in [5.74, 6) is -3.05. The maximum absolute atomic E-state index is 12.5. The number of hydrogen-bond acceptors (Lipinski definition) is 4. The molecule has 0 amide bonds. The Morgan fingerprint density at radius 2 is 1.79 bits per heavy atom. The summed E-state index contributed by atoms with van der Waals surface area (Å²) in [6, 6.07) is 0.173. The van der Waals surface area contributed by atoms with Crippen molar-refractivity contribution in [1.29, 1.82) is 0 Å². The summed E-state index contributed by atoms with van der Waals surface area (Å²) in [6.07, 6.45) is -10.6. The van der Waals surface area contributed by atoms with E-state index in [9.17, 15) is 36.5 Å². The molecule has 19 heavy (non-hydrogen) atoms. The molecule has 0 atom stereocenters. The summed E-state index contributed by atoms with van der Waals surface area (Å²) >= 11 is 0. The lowest BCUT2D eigenvalue weighted by Crippen LogP contribution is -2.21. The minimum Gasteiger partial charge on any atom is -0.366 e. The normalized spacial score (nSPS) is 12.4. The number of aromatic nitrogens is 1.